The lowest BCUT2D eigenvalue weighted by molar-refractivity contribution is 0.196. The predicted octanol–water partition coefficient (Wildman–Crippen LogP) is 1.66. The summed E-state index contributed by atoms with van der Waals surface area (Å²) >= 11 is 1.29. The minimum atomic E-state index is -0.317. The number of fused-ring (bicyclic) bond motifs is 1. The molecule has 2 amide bonds. The highest BCUT2D eigenvalue weighted by Gasteiger charge is 2.27. The zero-order chi connectivity index (χ0) is 21.3. The van der Waals surface area contributed by atoms with E-state index in [4.69, 9.17) is 9.37 Å². The molecule has 0 spiro atoms. The number of amides is 2. The molecule has 162 valence electrons. The van der Waals surface area contributed by atoms with Crippen LogP contribution in [0.4, 0.5) is 9.18 Å². The van der Waals surface area contributed by atoms with Gasteiger partial charge in [-0.15, -0.1) is 0 Å². The fourth-order valence-corrected chi connectivity index (χ4v) is 3.85. The van der Waals surface area contributed by atoms with Crippen molar-refractivity contribution < 1.29 is 23.8 Å². The average Bonchev–Trinajstić information content (AvgIpc) is 3.36. The molecule has 3 rings (SSSR count). The van der Waals surface area contributed by atoms with Crippen molar-refractivity contribution in [2.45, 2.75) is 23.9 Å². The Hall–Kier alpha value is -2.86. The van der Waals surface area contributed by atoms with Crippen molar-refractivity contribution in [2.75, 3.05) is 32.6 Å². The van der Waals surface area contributed by atoms with Crippen molar-refractivity contribution in [3.05, 3.63) is 40.8 Å². The number of carbonyl (C=O) groups is 1. The summed E-state index contributed by atoms with van der Waals surface area (Å²) in [5.74, 6) is 0.268. The largest absolute Gasteiger partial charge is 0.409 e. The number of carbonyl (C=O) groups excluding carboxylic acids is 1. The van der Waals surface area contributed by atoms with Crippen molar-refractivity contribution in [3.8, 4) is 0 Å². The molecule has 0 aliphatic heterocycles. The van der Waals surface area contributed by atoms with E-state index in [1.807, 2.05) is 0 Å². The number of aryl methyl sites for hydroxylation is 1. The second kappa shape index (κ2) is 10.8. The molecule has 2 aromatic rings. The number of nitrogens with one attached hydrogen (secondary N) is 3. The fourth-order valence-electron chi connectivity index (χ4n) is 3.09. The molecule has 12 heteroatoms. The molecule has 1 aromatic heterocycles. The minimum absolute atomic E-state index is 0.0890. The topological polar surface area (TPSA) is 134 Å². The number of oxime groups is 1. The number of methoxy groups -OCH3 is 1. The number of urea groups is 1. The van der Waals surface area contributed by atoms with Crippen LogP contribution < -0.4 is 16.0 Å². The Morgan fingerprint density at radius 2 is 2.23 bits per heavy atom. The van der Waals surface area contributed by atoms with Gasteiger partial charge in [-0.1, -0.05) is 23.0 Å². The summed E-state index contributed by atoms with van der Waals surface area (Å²) in [5, 5.41) is 29.3. The maximum Gasteiger partial charge on any atom is 0.314 e. The molecule has 0 radical (unpaired) electrons. The summed E-state index contributed by atoms with van der Waals surface area (Å²) in [4.78, 5) is 11.6. The lowest BCUT2D eigenvalue weighted by Gasteiger charge is -2.15. The van der Waals surface area contributed by atoms with Crippen LogP contribution in [0.2, 0.25) is 0 Å². The molecule has 0 saturated carbocycles. The van der Waals surface area contributed by atoms with E-state index in [2.05, 4.69) is 31.4 Å². The van der Waals surface area contributed by atoms with Crippen molar-refractivity contribution in [3.63, 3.8) is 0 Å². The van der Waals surface area contributed by atoms with Gasteiger partial charge in [0.2, 0.25) is 0 Å². The third kappa shape index (κ3) is 5.60. The standard InChI is InChI=1S/C18H23FN6O4S/c1-28-8-6-20-18(26)21-7-9-30-17-15(24-29-25-17)16(23-27)22-14-5-3-11-2-4-12(19)10-13(11)14/h2,4,10,14,27H,3,5-9H2,1H3,(H,22,23)(H2,20,21,26). The van der Waals surface area contributed by atoms with E-state index >= 15 is 0 Å². The first-order chi connectivity index (χ1) is 14.6. The first-order valence-electron chi connectivity index (χ1n) is 9.35. The van der Waals surface area contributed by atoms with Crippen molar-refractivity contribution in [1.29, 1.82) is 0 Å². The van der Waals surface area contributed by atoms with Crippen molar-refractivity contribution in [1.82, 2.24) is 26.3 Å². The Labute approximate surface area is 176 Å². The Balaban J connectivity index is 1.54. The van der Waals surface area contributed by atoms with Gasteiger partial charge in [-0.3, -0.25) is 0 Å². The smallest absolute Gasteiger partial charge is 0.314 e. The van der Waals surface area contributed by atoms with Gasteiger partial charge in [-0.25, -0.2) is 13.8 Å². The monoisotopic (exact) mass is 438 g/mol. The third-order valence-electron chi connectivity index (χ3n) is 4.50. The quantitative estimate of drug-likeness (QED) is 0.116. The molecule has 1 heterocycles. The second-order valence-electron chi connectivity index (χ2n) is 6.47. The number of amidine groups is 1. The van der Waals surface area contributed by atoms with Crippen LogP contribution in [0, 0.1) is 5.82 Å². The van der Waals surface area contributed by atoms with E-state index in [-0.39, 0.29) is 29.4 Å². The summed E-state index contributed by atoms with van der Waals surface area (Å²) in [6.07, 6.45) is 1.52. The van der Waals surface area contributed by atoms with Crippen LogP contribution in [0.5, 0.6) is 0 Å². The molecule has 0 saturated heterocycles. The van der Waals surface area contributed by atoms with Crippen LogP contribution in [-0.2, 0) is 11.2 Å². The summed E-state index contributed by atoms with van der Waals surface area (Å²) in [5.41, 5.74) is 2.12. The molecule has 0 fully saturated rings. The van der Waals surface area contributed by atoms with E-state index in [0.29, 0.717) is 30.5 Å². The predicted molar refractivity (Wildman–Crippen MR) is 107 cm³/mol. The van der Waals surface area contributed by atoms with Gasteiger partial charge in [-0.2, -0.15) is 0 Å². The first-order valence-corrected chi connectivity index (χ1v) is 10.3. The van der Waals surface area contributed by atoms with E-state index in [0.717, 1.165) is 24.0 Å². The van der Waals surface area contributed by atoms with Crippen LogP contribution in [0.15, 0.2) is 33.0 Å². The number of halogens is 1. The zero-order valence-electron chi connectivity index (χ0n) is 16.4. The molecule has 1 aliphatic carbocycles. The zero-order valence-corrected chi connectivity index (χ0v) is 17.2. The Morgan fingerprint density at radius 3 is 3.03 bits per heavy atom. The number of nitrogens with zero attached hydrogens (tertiary/aromatic N) is 3. The number of hydrogen-bond acceptors (Lipinski definition) is 8. The fraction of sp³-hybridized carbons (Fsp3) is 0.444. The molecular weight excluding hydrogens is 415 g/mol. The Morgan fingerprint density at radius 1 is 1.40 bits per heavy atom. The van der Waals surface area contributed by atoms with Gasteiger partial charge in [0.25, 0.3) is 0 Å². The molecule has 0 bridgehead atoms. The molecule has 1 unspecified atom stereocenters. The summed E-state index contributed by atoms with van der Waals surface area (Å²) < 4.78 is 23.3. The molecular formula is C18H23FN6O4S. The van der Waals surface area contributed by atoms with Crippen LogP contribution >= 0.6 is 11.8 Å². The maximum atomic E-state index is 13.6. The highest BCUT2D eigenvalue weighted by molar-refractivity contribution is 7.99. The number of rotatable bonds is 9. The van der Waals surface area contributed by atoms with Crippen molar-refractivity contribution >= 4 is 23.6 Å². The number of benzene rings is 1. The van der Waals surface area contributed by atoms with Crippen LogP contribution in [0.3, 0.4) is 0 Å². The van der Waals surface area contributed by atoms with Gasteiger partial charge in [-0.05, 0) is 46.4 Å². The van der Waals surface area contributed by atoms with Gasteiger partial charge in [0.15, 0.2) is 16.6 Å². The summed E-state index contributed by atoms with van der Waals surface area (Å²) in [7, 11) is 1.56. The van der Waals surface area contributed by atoms with Crippen molar-refractivity contribution in [2.24, 2.45) is 5.16 Å². The average molecular weight is 438 g/mol. The maximum absolute atomic E-state index is 13.6. The number of aromatic nitrogens is 2. The molecule has 1 atom stereocenters. The van der Waals surface area contributed by atoms with Crippen LogP contribution in [-0.4, -0.2) is 59.9 Å². The number of hydrogen-bond donors (Lipinski definition) is 4. The summed E-state index contributed by atoms with van der Waals surface area (Å²) in [6.45, 7) is 1.23. The third-order valence-corrected chi connectivity index (χ3v) is 5.45. The van der Waals surface area contributed by atoms with Gasteiger partial charge < -0.3 is 25.9 Å². The van der Waals surface area contributed by atoms with E-state index in [1.54, 1.807) is 13.2 Å². The SMILES string of the molecule is COCCNC(=O)NCCSc1nonc1/C(=N/O)NC1CCc2ccc(F)cc21. The van der Waals surface area contributed by atoms with Gasteiger partial charge in [0.05, 0.1) is 12.6 Å². The Kier molecular flexibility index (Phi) is 7.85. The molecule has 4 N–H and O–H groups in total. The number of ether oxygens (including phenoxy) is 1. The molecule has 10 nitrogen and oxygen atoms in total. The van der Waals surface area contributed by atoms with E-state index < -0.39 is 0 Å². The van der Waals surface area contributed by atoms with E-state index in [9.17, 15) is 14.4 Å². The number of thioether (sulfide) groups is 1. The first kappa shape index (κ1) is 21.8. The van der Waals surface area contributed by atoms with Crippen LogP contribution in [0.25, 0.3) is 0 Å². The normalized spacial score (nSPS) is 15.7. The molecule has 1 aliphatic rings. The molecule has 30 heavy (non-hydrogen) atoms. The van der Waals surface area contributed by atoms with E-state index in [1.165, 1.54) is 23.9 Å². The Bertz CT molecular complexity index is 893. The second-order valence-corrected chi connectivity index (χ2v) is 7.55. The van der Waals surface area contributed by atoms with Gasteiger partial charge in [0, 0.05) is 26.0 Å². The molecule has 1 aromatic carbocycles. The van der Waals surface area contributed by atoms with Crippen LogP contribution in [0.1, 0.15) is 29.3 Å². The summed E-state index contributed by atoms with van der Waals surface area (Å²) in [6, 6.07) is 4.17. The minimum Gasteiger partial charge on any atom is -0.409 e. The lowest BCUT2D eigenvalue weighted by atomic mass is 10.1. The van der Waals surface area contributed by atoms with Gasteiger partial charge >= 0.3 is 6.03 Å². The highest BCUT2D eigenvalue weighted by atomic mass is 32.2. The van der Waals surface area contributed by atoms with Gasteiger partial charge in [0.1, 0.15) is 5.82 Å². The lowest BCUT2D eigenvalue weighted by Crippen LogP contribution is -2.38. The highest BCUT2D eigenvalue weighted by Crippen LogP contribution is 2.32.